The van der Waals surface area contributed by atoms with Crippen molar-refractivity contribution >= 4 is 17.6 Å². The Bertz CT molecular complexity index is 1020. The Morgan fingerprint density at radius 3 is 2.48 bits per heavy atom. The van der Waals surface area contributed by atoms with E-state index in [1.54, 1.807) is 0 Å². The second-order valence-electron chi connectivity index (χ2n) is 10.5. The number of nitrogens with one attached hydrogen (secondary N) is 1. The summed E-state index contributed by atoms with van der Waals surface area (Å²) in [5, 5.41) is 21.6. The number of aliphatic carboxylic acids is 1. The van der Waals surface area contributed by atoms with Gasteiger partial charge in [0.15, 0.2) is 0 Å². The van der Waals surface area contributed by atoms with Gasteiger partial charge in [-0.15, -0.1) is 10.2 Å². The molecule has 2 fully saturated rings. The highest BCUT2D eigenvalue weighted by Crippen LogP contribution is 2.48. The Morgan fingerprint density at radius 2 is 1.88 bits per heavy atom. The van der Waals surface area contributed by atoms with Crippen molar-refractivity contribution in [2.45, 2.75) is 90.5 Å². The highest BCUT2D eigenvalue weighted by molar-refractivity contribution is 5.92. The van der Waals surface area contributed by atoms with Gasteiger partial charge in [0.05, 0.1) is 6.42 Å². The standard InChI is InChI=1S/C26H36N4O3/c1-15(2)9-18-11-19(12-18)25-28-29-26(30(25)21-6-7-21)20(14-24(32)33)13-23(31)27-22-8-5-16(3)10-17(22)4/h5,8,10,15,18-21H,6-7,9,11-14H2,1-4H3,(H,27,31)(H,32,33). The van der Waals surface area contributed by atoms with Gasteiger partial charge in [0.2, 0.25) is 5.91 Å². The molecule has 1 unspecified atom stereocenters. The molecule has 2 saturated carbocycles. The van der Waals surface area contributed by atoms with Crippen LogP contribution in [0.1, 0.15) is 99.4 Å². The summed E-state index contributed by atoms with van der Waals surface area (Å²) in [6.07, 6.45) is 5.56. The van der Waals surface area contributed by atoms with Gasteiger partial charge in [-0.1, -0.05) is 31.5 Å². The predicted molar refractivity (Wildman–Crippen MR) is 127 cm³/mol. The number of anilines is 1. The number of amides is 1. The number of carboxylic acid groups (broad SMARTS) is 1. The van der Waals surface area contributed by atoms with Crippen LogP contribution in [0.25, 0.3) is 0 Å². The van der Waals surface area contributed by atoms with E-state index in [9.17, 15) is 14.7 Å². The van der Waals surface area contributed by atoms with Gasteiger partial charge in [-0.25, -0.2) is 0 Å². The van der Waals surface area contributed by atoms with E-state index < -0.39 is 11.9 Å². The minimum atomic E-state index is -0.924. The first-order valence-electron chi connectivity index (χ1n) is 12.2. The number of carbonyl (C=O) groups is 2. The fourth-order valence-electron chi connectivity index (χ4n) is 5.23. The van der Waals surface area contributed by atoms with E-state index in [1.165, 1.54) is 6.42 Å². The summed E-state index contributed by atoms with van der Waals surface area (Å²) in [7, 11) is 0. The first-order valence-corrected chi connectivity index (χ1v) is 12.2. The molecule has 0 spiro atoms. The lowest BCUT2D eigenvalue weighted by Gasteiger charge is -2.36. The van der Waals surface area contributed by atoms with Crippen LogP contribution in [0.4, 0.5) is 5.69 Å². The molecule has 4 rings (SSSR count). The summed E-state index contributed by atoms with van der Waals surface area (Å²) in [6, 6.07) is 6.21. The van der Waals surface area contributed by atoms with E-state index in [0.29, 0.717) is 23.7 Å². The number of nitrogens with zero attached hydrogens (tertiary/aromatic N) is 3. The summed E-state index contributed by atoms with van der Waals surface area (Å²) < 4.78 is 2.19. The Hall–Kier alpha value is -2.70. The van der Waals surface area contributed by atoms with E-state index in [1.807, 2.05) is 32.0 Å². The summed E-state index contributed by atoms with van der Waals surface area (Å²) in [5.41, 5.74) is 2.88. The minimum Gasteiger partial charge on any atom is -0.481 e. The van der Waals surface area contributed by atoms with Crippen molar-refractivity contribution in [1.82, 2.24) is 14.8 Å². The van der Waals surface area contributed by atoms with Gasteiger partial charge < -0.3 is 15.0 Å². The van der Waals surface area contributed by atoms with Gasteiger partial charge in [-0.2, -0.15) is 0 Å². The van der Waals surface area contributed by atoms with Gasteiger partial charge in [-0.3, -0.25) is 9.59 Å². The second-order valence-corrected chi connectivity index (χ2v) is 10.5. The molecule has 0 aliphatic heterocycles. The van der Waals surface area contributed by atoms with Crippen molar-refractivity contribution in [3.63, 3.8) is 0 Å². The first-order chi connectivity index (χ1) is 15.7. The zero-order chi connectivity index (χ0) is 23.7. The molecule has 0 bridgehead atoms. The van der Waals surface area contributed by atoms with Crippen LogP contribution in [0, 0.1) is 25.7 Å². The van der Waals surface area contributed by atoms with E-state index in [2.05, 4.69) is 33.9 Å². The van der Waals surface area contributed by atoms with Crippen LogP contribution in [0.2, 0.25) is 0 Å². The van der Waals surface area contributed by atoms with Gasteiger partial charge in [0.1, 0.15) is 11.6 Å². The molecule has 2 aromatic rings. The molecule has 0 saturated heterocycles. The van der Waals surface area contributed by atoms with Crippen molar-refractivity contribution in [3.05, 3.63) is 41.0 Å². The van der Waals surface area contributed by atoms with Crippen LogP contribution >= 0.6 is 0 Å². The van der Waals surface area contributed by atoms with Crippen LogP contribution in [-0.4, -0.2) is 31.7 Å². The van der Waals surface area contributed by atoms with Gasteiger partial charge in [0.25, 0.3) is 0 Å². The maximum atomic E-state index is 12.9. The third-order valence-electron chi connectivity index (χ3n) is 6.94. The lowest BCUT2D eigenvalue weighted by molar-refractivity contribution is -0.137. The number of benzene rings is 1. The molecule has 33 heavy (non-hydrogen) atoms. The molecule has 2 aliphatic carbocycles. The van der Waals surface area contributed by atoms with Crippen molar-refractivity contribution in [3.8, 4) is 0 Å². The fraction of sp³-hybridized carbons (Fsp3) is 0.615. The lowest BCUT2D eigenvalue weighted by Crippen LogP contribution is -2.27. The molecule has 1 heterocycles. The highest BCUT2D eigenvalue weighted by Gasteiger charge is 2.40. The molecule has 1 aromatic carbocycles. The quantitative estimate of drug-likeness (QED) is 0.506. The van der Waals surface area contributed by atoms with Crippen LogP contribution < -0.4 is 5.32 Å². The normalized spacial score (nSPS) is 21.0. The Balaban J connectivity index is 1.52. The molecule has 7 heteroatoms. The largest absolute Gasteiger partial charge is 0.481 e. The van der Waals surface area contributed by atoms with Gasteiger partial charge >= 0.3 is 5.97 Å². The zero-order valence-electron chi connectivity index (χ0n) is 20.2. The van der Waals surface area contributed by atoms with Crippen LogP contribution in [0.5, 0.6) is 0 Å². The number of rotatable bonds is 10. The van der Waals surface area contributed by atoms with E-state index in [4.69, 9.17) is 0 Å². The van der Waals surface area contributed by atoms with Crippen molar-refractivity contribution in [2.24, 2.45) is 11.8 Å². The molecule has 178 valence electrons. The zero-order valence-corrected chi connectivity index (χ0v) is 20.2. The maximum Gasteiger partial charge on any atom is 0.304 e. The molecular formula is C26H36N4O3. The minimum absolute atomic E-state index is 0.0745. The molecular weight excluding hydrogens is 416 g/mol. The van der Waals surface area contributed by atoms with E-state index in [0.717, 1.165) is 54.2 Å². The van der Waals surface area contributed by atoms with Crippen LogP contribution in [0.3, 0.4) is 0 Å². The van der Waals surface area contributed by atoms with Crippen molar-refractivity contribution in [1.29, 1.82) is 0 Å². The third-order valence-corrected chi connectivity index (χ3v) is 6.94. The Kier molecular flexibility index (Phi) is 6.86. The Labute approximate surface area is 196 Å². The summed E-state index contributed by atoms with van der Waals surface area (Å²) >= 11 is 0. The second kappa shape index (κ2) is 9.65. The summed E-state index contributed by atoms with van der Waals surface area (Å²) in [4.78, 5) is 24.6. The predicted octanol–water partition coefficient (Wildman–Crippen LogP) is 5.36. The smallest absolute Gasteiger partial charge is 0.304 e. The maximum absolute atomic E-state index is 12.9. The number of aryl methyl sites for hydroxylation is 2. The molecule has 2 aliphatic rings. The monoisotopic (exact) mass is 452 g/mol. The topological polar surface area (TPSA) is 97.1 Å². The molecule has 1 atom stereocenters. The van der Waals surface area contributed by atoms with Crippen LogP contribution in [-0.2, 0) is 9.59 Å². The molecule has 7 nitrogen and oxygen atoms in total. The highest BCUT2D eigenvalue weighted by atomic mass is 16.4. The number of hydrogen-bond donors (Lipinski definition) is 2. The lowest BCUT2D eigenvalue weighted by atomic mass is 9.71. The van der Waals surface area contributed by atoms with Gasteiger partial charge in [-0.05, 0) is 69.4 Å². The number of aromatic nitrogens is 3. The molecule has 1 aromatic heterocycles. The molecule has 0 radical (unpaired) electrons. The van der Waals surface area contributed by atoms with Crippen molar-refractivity contribution in [2.75, 3.05) is 5.32 Å². The van der Waals surface area contributed by atoms with E-state index in [-0.39, 0.29) is 18.7 Å². The first kappa shape index (κ1) is 23.5. The average molecular weight is 453 g/mol. The van der Waals surface area contributed by atoms with Crippen LogP contribution in [0.15, 0.2) is 18.2 Å². The van der Waals surface area contributed by atoms with Crippen molar-refractivity contribution < 1.29 is 14.7 Å². The average Bonchev–Trinajstić information content (AvgIpc) is 3.44. The number of carbonyl (C=O) groups excluding carboxylic acids is 1. The number of carboxylic acids is 1. The SMILES string of the molecule is Cc1ccc(NC(=O)CC(CC(=O)O)c2nnc(C3CC(CC(C)C)C3)n2C2CC2)c(C)c1. The Morgan fingerprint density at radius 1 is 1.15 bits per heavy atom. The number of hydrogen-bond acceptors (Lipinski definition) is 4. The summed E-state index contributed by atoms with van der Waals surface area (Å²) in [5.74, 6) is 1.87. The molecule has 1 amide bonds. The van der Waals surface area contributed by atoms with E-state index >= 15 is 0 Å². The fourth-order valence-corrected chi connectivity index (χ4v) is 5.23. The molecule has 2 N–H and O–H groups in total. The van der Waals surface area contributed by atoms with Gasteiger partial charge in [0, 0.05) is 30.0 Å². The third kappa shape index (κ3) is 5.63. The summed E-state index contributed by atoms with van der Waals surface area (Å²) in [6.45, 7) is 8.49.